The summed E-state index contributed by atoms with van der Waals surface area (Å²) in [6.45, 7) is 1.40. The molecule has 0 atom stereocenters. The van der Waals surface area contributed by atoms with E-state index in [9.17, 15) is 14.9 Å². The predicted octanol–water partition coefficient (Wildman–Crippen LogP) is 4.02. The number of rotatable bonds is 5. The fourth-order valence-electron chi connectivity index (χ4n) is 1.49. The molecule has 2 rings (SSSR count). The van der Waals surface area contributed by atoms with Gasteiger partial charge in [-0.1, -0.05) is 11.8 Å². The lowest BCUT2D eigenvalue weighted by molar-refractivity contribution is -0.387. The molecule has 20 heavy (non-hydrogen) atoms. The van der Waals surface area contributed by atoms with Crippen LogP contribution in [0.5, 0.6) is 5.75 Å². The summed E-state index contributed by atoms with van der Waals surface area (Å²) in [6.07, 6.45) is 0. The standard InChI is InChI=1S/C13H11NO4S2/c1-8(15)12-7-11(14(16)17)13(20-12)19-10-5-3-9(18-2)4-6-10/h3-7H,1-2H3. The molecule has 0 aliphatic rings. The van der Waals surface area contributed by atoms with Crippen molar-refractivity contribution in [2.24, 2.45) is 0 Å². The van der Waals surface area contributed by atoms with Gasteiger partial charge in [0.2, 0.25) is 0 Å². The molecular weight excluding hydrogens is 298 g/mol. The molecule has 2 aromatic rings. The first-order chi connectivity index (χ1) is 9.51. The van der Waals surface area contributed by atoms with E-state index in [1.807, 2.05) is 12.1 Å². The van der Waals surface area contributed by atoms with Gasteiger partial charge in [0.1, 0.15) is 9.96 Å². The molecule has 0 radical (unpaired) electrons. The van der Waals surface area contributed by atoms with E-state index in [1.54, 1.807) is 19.2 Å². The highest BCUT2D eigenvalue weighted by Crippen LogP contribution is 2.41. The van der Waals surface area contributed by atoms with E-state index < -0.39 is 4.92 Å². The van der Waals surface area contributed by atoms with Crippen LogP contribution >= 0.6 is 23.1 Å². The van der Waals surface area contributed by atoms with Crippen molar-refractivity contribution in [3.63, 3.8) is 0 Å². The summed E-state index contributed by atoms with van der Waals surface area (Å²) < 4.78 is 5.56. The number of nitrogens with zero attached hydrogens (tertiary/aromatic N) is 1. The van der Waals surface area contributed by atoms with Gasteiger partial charge in [0.15, 0.2) is 5.78 Å². The second-order valence-corrected chi connectivity index (χ2v) is 6.27. The zero-order valence-electron chi connectivity index (χ0n) is 10.8. The Hall–Kier alpha value is -1.86. The first-order valence-corrected chi connectivity index (χ1v) is 7.25. The third-order valence-electron chi connectivity index (χ3n) is 2.49. The van der Waals surface area contributed by atoms with Crippen LogP contribution in [-0.4, -0.2) is 17.8 Å². The largest absolute Gasteiger partial charge is 0.497 e. The Kier molecular flexibility index (Phi) is 4.41. The second kappa shape index (κ2) is 6.06. The molecule has 1 heterocycles. The minimum atomic E-state index is -0.463. The minimum Gasteiger partial charge on any atom is -0.497 e. The number of ether oxygens (including phenoxy) is 1. The second-order valence-electron chi connectivity index (χ2n) is 3.87. The lowest BCUT2D eigenvalue weighted by Crippen LogP contribution is -1.88. The highest BCUT2D eigenvalue weighted by atomic mass is 32.2. The number of hydrogen-bond donors (Lipinski definition) is 0. The van der Waals surface area contributed by atoms with Crippen LogP contribution < -0.4 is 4.74 Å². The van der Waals surface area contributed by atoms with E-state index in [1.165, 1.54) is 24.8 Å². The van der Waals surface area contributed by atoms with Crippen LogP contribution in [0.3, 0.4) is 0 Å². The van der Waals surface area contributed by atoms with Gasteiger partial charge in [0.25, 0.3) is 5.69 Å². The van der Waals surface area contributed by atoms with Gasteiger partial charge in [0, 0.05) is 11.0 Å². The summed E-state index contributed by atoms with van der Waals surface area (Å²) in [4.78, 5) is 23.1. The summed E-state index contributed by atoms with van der Waals surface area (Å²) >= 11 is 2.41. The Morgan fingerprint density at radius 1 is 1.35 bits per heavy atom. The molecule has 104 valence electrons. The quantitative estimate of drug-likeness (QED) is 0.474. The minimum absolute atomic E-state index is 0.0268. The van der Waals surface area contributed by atoms with Crippen LogP contribution in [0, 0.1) is 10.1 Å². The molecule has 0 spiro atoms. The number of methoxy groups -OCH3 is 1. The van der Waals surface area contributed by atoms with Crippen molar-refractivity contribution in [3.05, 3.63) is 45.3 Å². The molecular formula is C13H11NO4S2. The third-order valence-corrected chi connectivity index (χ3v) is 4.92. The number of hydrogen-bond acceptors (Lipinski definition) is 6. The average molecular weight is 309 g/mol. The maximum atomic E-state index is 11.3. The summed E-state index contributed by atoms with van der Waals surface area (Å²) in [5.41, 5.74) is -0.0268. The highest BCUT2D eigenvalue weighted by Gasteiger charge is 2.21. The molecule has 0 saturated carbocycles. The summed E-state index contributed by atoms with van der Waals surface area (Å²) in [6, 6.07) is 8.54. The Morgan fingerprint density at radius 3 is 2.50 bits per heavy atom. The third kappa shape index (κ3) is 3.17. The van der Waals surface area contributed by atoms with E-state index in [2.05, 4.69) is 0 Å². The van der Waals surface area contributed by atoms with Gasteiger partial charge in [0.05, 0.1) is 16.9 Å². The Bertz CT molecular complexity index is 649. The van der Waals surface area contributed by atoms with Crippen molar-refractivity contribution in [2.75, 3.05) is 7.11 Å². The zero-order valence-corrected chi connectivity index (χ0v) is 12.4. The van der Waals surface area contributed by atoms with Gasteiger partial charge in [-0.15, -0.1) is 11.3 Å². The van der Waals surface area contributed by atoms with E-state index in [0.717, 1.165) is 22.0 Å². The molecule has 0 unspecified atom stereocenters. The van der Waals surface area contributed by atoms with E-state index in [0.29, 0.717) is 9.09 Å². The van der Waals surface area contributed by atoms with Crippen LogP contribution in [0.25, 0.3) is 0 Å². The SMILES string of the molecule is COc1ccc(Sc2sc(C(C)=O)cc2[N+](=O)[O-])cc1. The Balaban J connectivity index is 2.31. The number of carbonyl (C=O) groups is 1. The van der Waals surface area contributed by atoms with Gasteiger partial charge in [-0.3, -0.25) is 14.9 Å². The number of carbonyl (C=O) groups excluding carboxylic acids is 1. The zero-order chi connectivity index (χ0) is 14.7. The van der Waals surface area contributed by atoms with Crippen LogP contribution in [0.4, 0.5) is 5.69 Å². The predicted molar refractivity (Wildman–Crippen MR) is 78.1 cm³/mol. The summed E-state index contributed by atoms with van der Waals surface area (Å²) in [5.74, 6) is 0.555. The molecule has 0 bridgehead atoms. The Morgan fingerprint density at radius 2 is 2.00 bits per heavy atom. The van der Waals surface area contributed by atoms with Crippen LogP contribution in [0.1, 0.15) is 16.6 Å². The van der Waals surface area contributed by atoms with Crippen molar-refractivity contribution in [2.45, 2.75) is 16.0 Å². The van der Waals surface area contributed by atoms with E-state index in [4.69, 9.17) is 4.74 Å². The van der Waals surface area contributed by atoms with Crippen molar-refractivity contribution in [1.82, 2.24) is 0 Å². The normalized spacial score (nSPS) is 10.3. The lowest BCUT2D eigenvalue weighted by Gasteiger charge is -2.01. The maximum absolute atomic E-state index is 11.3. The smallest absolute Gasteiger partial charge is 0.294 e. The summed E-state index contributed by atoms with van der Waals surface area (Å²) in [7, 11) is 1.57. The Labute approximate surface area is 123 Å². The number of benzene rings is 1. The van der Waals surface area contributed by atoms with E-state index in [-0.39, 0.29) is 11.5 Å². The van der Waals surface area contributed by atoms with Gasteiger partial charge in [-0.2, -0.15) is 0 Å². The van der Waals surface area contributed by atoms with Crippen molar-refractivity contribution < 1.29 is 14.5 Å². The topological polar surface area (TPSA) is 69.4 Å². The molecule has 0 amide bonds. The molecule has 7 heteroatoms. The fourth-order valence-corrected chi connectivity index (χ4v) is 3.69. The molecule has 5 nitrogen and oxygen atoms in total. The van der Waals surface area contributed by atoms with Crippen LogP contribution in [0.2, 0.25) is 0 Å². The molecule has 0 fully saturated rings. The van der Waals surface area contributed by atoms with Gasteiger partial charge < -0.3 is 4.74 Å². The molecule has 0 aliphatic heterocycles. The average Bonchev–Trinajstić information content (AvgIpc) is 2.84. The molecule has 0 saturated heterocycles. The monoisotopic (exact) mass is 309 g/mol. The lowest BCUT2D eigenvalue weighted by atomic mass is 10.3. The van der Waals surface area contributed by atoms with Crippen LogP contribution in [-0.2, 0) is 0 Å². The molecule has 0 N–H and O–H groups in total. The maximum Gasteiger partial charge on any atom is 0.294 e. The van der Waals surface area contributed by atoms with Gasteiger partial charge in [-0.25, -0.2) is 0 Å². The fraction of sp³-hybridized carbons (Fsp3) is 0.154. The summed E-state index contributed by atoms with van der Waals surface area (Å²) in [5, 5.41) is 11.0. The molecule has 1 aromatic heterocycles. The number of ketones is 1. The van der Waals surface area contributed by atoms with Gasteiger partial charge in [-0.05, 0) is 31.2 Å². The van der Waals surface area contributed by atoms with Crippen molar-refractivity contribution in [3.8, 4) is 5.75 Å². The van der Waals surface area contributed by atoms with Gasteiger partial charge >= 0.3 is 0 Å². The highest BCUT2D eigenvalue weighted by molar-refractivity contribution is 8.01. The van der Waals surface area contributed by atoms with Crippen LogP contribution in [0.15, 0.2) is 39.4 Å². The molecule has 1 aromatic carbocycles. The first kappa shape index (κ1) is 14.5. The number of Topliss-reactive ketones (excluding diaryl/α,β-unsaturated/α-hetero) is 1. The number of thiophene rings is 1. The van der Waals surface area contributed by atoms with Crippen molar-refractivity contribution >= 4 is 34.6 Å². The number of nitro groups is 1. The van der Waals surface area contributed by atoms with Crippen molar-refractivity contribution in [1.29, 1.82) is 0 Å². The molecule has 0 aliphatic carbocycles. The van der Waals surface area contributed by atoms with E-state index >= 15 is 0 Å². The first-order valence-electron chi connectivity index (χ1n) is 5.62.